The van der Waals surface area contributed by atoms with Gasteiger partial charge in [0.15, 0.2) is 0 Å². The molecule has 0 fully saturated rings. The topological polar surface area (TPSA) is 26.0 Å². The van der Waals surface area contributed by atoms with Gasteiger partial charge in [-0.1, -0.05) is 0 Å². The van der Waals surface area contributed by atoms with Gasteiger partial charge in [0.1, 0.15) is 0 Å². The van der Waals surface area contributed by atoms with E-state index in [4.69, 9.17) is 5.73 Å². The van der Waals surface area contributed by atoms with E-state index in [0.29, 0.717) is 6.54 Å². The average Bonchev–Trinajstić information content (AvgIpc) is 1.37. The van der Waals surface area contributed by atoms with Gasteiger partial charge in [-0.3, -0.25) is 0 Å². The Bertz CT molecular complexity index is 11.6. The van der Waals surface area contributed by atoms with E-state index < -0.39 is 0 Å². The third-order valence-electron chi connectivity index (χ3n) is 0.129. The van der Waals surface area contributed by atoms with E-state index in [0.717, 1.165) is 5.75 Å². The minimum absolute atomic E-state index is 0. The van der Waals surface area contributed by atoms with Gasteiger partial charge >= 0.3 is 27.3 Å². The Morgan fingerprint density at radius 2 is 1.80 bits per heavy atom. The Kier molecular flexibility index (Phi) is 17.1. The maximum absolute atomic E-state index is 4.95. The van der Waals surface area contributed by atoms with E-state index in [-0.39, 0.29) is 27.3 Å². The zero-order valence-electron chi connectivity index (χ0n) is 3.15. The molecule has 5 heavy (non-hydrogen) atoms. The summed E-state index contributed by atoms with van der Waals surface area (Å²) in [4.78, 5) is 0. The fourth-order valence-corrected chi connectivity index (χ4v) is 0. The third-order valence-corrected chi connectivity index (χ3v) is 0.387. The number of rotatable bonds is 1. The van der Waals surface area contributed by atoms with Gasteiger partial charge in [0, 0.05) is 12.3 Å². The molecule has 0 saturated heterocycles. The molecule has 1 nitrogen and oxygen atoms in total. The van der Waals surface area contributed by atoms with Crippen LogP contribution in [0.4, 0.5) is 0 Å². The van der Waals surface area contributed by atoms with Gasteiger partial charge in [0.2, 0.25) is 0 Å². The van der Waals surface area contributed by atoms with E-state index in [2.05, 4.69) is 12.6 Å². The second-order valence-electron chi connectivity index (χ2n) is 0.512. The van der Waals surface area contributed by atoms with Crippen LogP contribution in [0, 0.1) is 0 Å². The molecule has 3 heteroatoms. The van der Waals surface area contributed by atoms with Crippen molar-refractivity contribution in [1.29, 1.82) is 0 Å². The van der Waals surface area contributed by atoms with Crippen molar-refractivity contribution >= 4 is 39.9 Å². The van der Waals surface area contributed by atoms with Crippen molar-refractivity contribution in [2.45, 2.75) is 0 Å². The first-order valence-electron chi connectivity index (χ1n) is 1.22. The van der Waals surface area contributed by atoms with Gasteiger partial charge in [-0.05, 0) is 0 Å². The molecule has 2 radical (unpaired) electrons. The zero-order valence-corrected chi connectivity index (χ0v) is 9.54. The van der Waals surface area contributed by atoms with Crippen LogP contribution in [0.2, 0.25) is 0 Å². The molecule has 0 atom stereocenters. The van der Waals surface area contributed by atoms with Crippen LogP contribution >= 0.6 is 12.6 Å². The van der Waals surface area contributed by atoms with Gasteiger partial charge in [-0.15, -0.1) is 0 Å². The summed E-state index contributed by atoms with van der Waals surface area (Å²) in [5.74, 6) is 0.792. The molecular formula is C2H9NPbS. The number of thiol groups is 1. The summed E-state index contributed by atoms with van der Waals surface area (Å²) in [5, 5.41) is 0. The summed E-state index contributed by atoms with van der Waals surface area (Å²) in [6.45, 7) is 0.684. The molecular weight excluding hydrogens is 277 g/mol. The molecule has 32 valence electrons. The monoisotopic (exact) mass is 287 g/mol. The molecule has 0 heterocycles. The predicted octanol–water partition coefficient (Wildman–Crippen LogP) is -1.04. The van der Waals surface area contributed by atoms with Gasteiger partial charge in [-0.25, -0.2) is 0 Å². The van der Waals surface area contributed by atoms with Gasteiger partial charge < -0.3 is 5.73 Å². The van der Waals surface area contributed by atoms with Gasteiger partial charge in [-0.2, -0.15) is 12.6 Å². The molecule has 0 spiro atoms. The van der Waals surface area contributed by atoms with Crippen LogP contribution in [0.25, 0.3) is 0 Å². The Hall–Kier alpha value is 1.23. The van der Waals surface area contributed by atoms with Crippen molar-refractivity contribution < 1.29 is 0 Å². The summed E-state index contributed by atoms with van der Waals surface area (Å²) < 4.78 is 0. The second-order valence-corrected chi connectivity index (χ2v) is 0.959. The number of hydrogen-bond donors (Lipinski definition) is 2. The van der Waals surface area contributed by atoms with Crippen molar-refractivity contribution in [2.75, 3.05) is 12.3 Å². The fourth-order valence-electron chi connectivity index (χ4n) is 0. The number of hydrogen-bond acceptors (Lipinski definition) is 2. The fraction of sp³-hybridized carbons (Fsp3) is 1.00. The third kappa shape index (κ3) is 11.0. The summed E-state index contributed by atoms with van der Waals surface area (Å²) in [6.07, 6.45) is 0. The zero-order chi connectivity index (χ0) is 3.41. The van der Waals surface area contributed by atoms with E-state index >= 15 is 0 Å². The molecule has 0 aromatic heterocycles. The summed E-state index contributed by atoms with van der Waals surface area (Å²) >= 11 is 3.80. The first-order chi connectivity index (χ1) is 1.91. The normalized spacial score (nSPS) is 6.00. The van der Waals surface area contributed by atoms with E-state index in [1.807, 2.05) is 0 Å². The standard InChI is InChI=1S/C2H7NS.Pb.2H/c3-1-2-4;;;/h4H,1-3H2;;;. The van der Waals surface area contributed by atoms with Crippen molar-refractivity contribution in [3.05, 3.63) is 0 Å². The van der Waals surface area contributed by atoms with Crippen molar-refractivity contribution in [2.24, 2.45) is 5.73 Å². The van der Waals surface area contributed by atoms with E-state index in [9.17, 15) is 0 Å². The molecule has 0 unspecified atom stereocenters. The summed E-state index contributed by atoms with van der Waals surface area (Å²) in [6, 6.07) is 0. The number of nitrogens with two attached hydrogens (primary N) is 1. The Morgan fingerprint density at radius 1 is 1.60 bits per heavy atom. The van der Waals surface area contributed by atoms with Crippen molar-refractivity contribution in [3.8, 4) is 0 Å². The summed E-state index contributed by atoms with van der Waals surface area (Å²) in [7, 11) is 0. The first kappa shape index (κ1) is 9.53. The van der Waals surface area contributed by atoms with Crippen LogP contribution in [0.1, 0.15) is 0 Å². The molecule has 2 N–H and O–H groups in total. The Morgan fingerprint density at radius 3 is 1.80 bits per heavy atom. The molecule has 0 amide bonds. The molecule has 0 aliphatic heterocycles. The molecule has 0 aliphatic carbocycles. The molecule has 0 aromatic rings. The second kappa shape index (κ2) is 8.97. The van der Waals surface area contributed by atoms with Gasteiger partial charge in [0.05, 0.1) is 0 Å². The maximum atomic E-state index is 4.95. The van der Waals surface area contributed by atoms with Gasteiger partial charge in [0.25, 0.3) is 0 Å². The molecule has 0 aliphatic rings. The summed E-state index contributed by atoms with van der Waals surface area (Å²) in [5.41, 5.74) is 4.95. The predicted molar refractivity (Wildman–Crippen MR) is 31.5 cm³/mol. The Labute approximate surface area is 57.9 Å². The molecule has 0 aromatic carbocycles. The van der Waals surface area contributed by atoms with Crippen LogP contribution in [0.15, 0.2) is 0 Å². The average molecular weight is 286 g/mol. The van der Waals surface area contributed by atoms with Crippen LogP contribution in [-0.2, 0) is 0 Å². The quantitative estimate of drug-likeness (QED) is 0.467. The van der Waals surface area contributed by atoms with Crippen LogP contribution in [0.5, 0.6) is 0 Å². The van der Waals surface area contributed by atoms with E-state index in [1.165, 1.54) is 0 Å². The SMILES string of the molecule is NCCS.[PbH2]. The Balaban J connectivity index is 0. The molecule has 0 saturated carbocycles. The van der Waals surface area contributed by atoms with Crippen molar-refractivity contribution in [1.82, 2.24) is 0 Å². The van der Waals surface area contributed by atoms with Crippen molar-refractivity contribution in [3.63, 3.8) is 0 Å². The molecule has 0 bridgehead atoms. The molecule has 0 rings (SSSR count). The van der Waals surface area contributed by atoms with E-state index in [1.54, 1.807) is 0 Å². The van der Waals surface area contributed by atoms with Crippen LogP contribution in [-0.4, -0.2) is 39.6 Å². The minimum atomic E-state index is 0. The first-order valence-corrected chi connectivity index (χ1v) is 1.86. The van der Waals surface area contributed by atoms with Crippen LogP contribution in [0.3, 0.4) is 0 Å². The van der Waals surface area contributed by atoms with Crippen LogP contribution < -0.4 is 5.73 Å².